The third-order valence-corrected chi connectivity index (χ3v) is 9.06. The minimum Gasteiger partial charge on any atom is -0.320 e. The third kappa shape index (κ3) is 0.545. The Morgan fingerprint density at radius 1 is 1.15 bits per heavy atom. The van der Waals surface area contributed by atoms with Crippen LogP contribution in [0.5, 0.6) is 0 Å². The molecule has 0 radical (unpaired) electrons. The topological polar surface area (TPSA) is 40.6 Å². The number of hydrogen-bond acceptors (Lipinski definition) is 2. The minimum atomic E-state index is -0.346. The number of amides is 3. The minimum absolute atomic E-state index is 0.0190. The molecule has 0 aromatic rings. The van der Waals surface area contributed by atoms with Crippen LogP contribution in [0.2, 0.25) is 0 Å². The second-order valence-corrected chi connectivity index (χ2v) is 8.51. The molecular formula is C15H19ClN2O2. The van der Waals surface area contributed by atoms with E-state index in [0.29, 0.717) is 11.8 Å². The second kappa shape index (κ2) is 2.43. The van der Waals surface area contributed by atoms with E-state index in [-0.39, 0.29) is 45.0 Å². The molecule has 5 aliphatic rings. The summed E-state index contributed by atoms with van der Waals surface area (Å²) in [7, 11) is 3.49. The molecule has 108 valence electrons. The van der Waals surface area contributed by atoms with Gasteiger partial charge in [0, 0.05) is 19.5 Å². The molecule has 1 heterocycles. The zero-order valence-corrected chi connectivity index (χ0v) is 13.2. The molecule has 0 aromatic carbocycles. The van der Waals surface area contributed by atoms with E-state index < -0.39 is 0 Å². The number of alkyl halides is 1. The van der Waals surface area contributed by atoms with Crippen LogP contribution in [0.3, 0.4) is 0 Å². The summed E-state index contributed by atoms with van der Waals surface area (Å²) >= 11 is 6.75. The Morgan fingerprint density at radius 2 is 1.75 bits per heavy atom. The van der Waals surface area contributed by atoms with Crippen molar-refractivity contribution >= 4 is 23.5 Å². The van der Waals surface area contributed by atoms with E-state index in [4.69, 9.17) is 11.6 Å². The molecule has 0 N–H and O–H groups in total. The first-order valence-electron chi connectivity index (χ1n) is 7.39. The van der Waals surface area contributed by atoms with Gasteiger partial charge < -0.3 is 4.90 Å². The Bertz CT molecular complexity index is 637. The highest BCUT2D eigenvalue weighted by molar-refractivity contribution is 6.23. The summed E-state index contributed by atoms with van der Waals surface area (Å²) in [5.74, 6) is 0.967. The van der Waals surface area contributed by atoms with Crippen LogP contribution in [-0.4, -0.2) is 46.7 Å². The predicted octanol–water partition coefficient (Wildman–Crippen LogP) is 1.78. The van der Waals surface area contributed by atoms with Crippen LogP contribution in [0.4, 0.5) is 4.79 Å². The molecule has 8 atom stereocenters. The number of fused-ring (bicyclic) bond motifs is 1. The fourth-order valence-corrected chi connectivity index (χ4v) is 8.78. The van der Waals surface area contributed by atoms with Crippen molar-refractivity contribution in [2.24, 2.45) is 34.0 Å². The molecule has 4 saturated carbocycles. The maximum absolute atomic E-state index is 13.0. The summed E-state index contributed by atoms with van der Waals surface area (Å²) < 4.78 is 0. The van der Waals surface area contributed by atoms with Crippen LogP contribution in [0.25, 0.3) is 0 Å². The number of hydrogen-bond donors (Lipinski definition) is 0. The molecular weight excluding hydrogens is 276 g/mol. The highest BCUT2D eigenvalue weighted by Crippen LogP contribution is 3.09. The van der Waals surface area contributed by atoms with Gasteiger partial charge in [0.2, 0.25) is 5.91 Å². The zero-order valence-electron chi connectivity index (χ0n) is 12.4. The van der Waals surface area contributed by atoms with Crippen molar-refractivity contribution in [3.63, 3.8) is 0 Å². The number of urea groups is 1. The smallest absolute Gasteiger partial charge is 0.320 e. The van der Waals surface area contributed by atoms with Crippen LogP contribution >= 0.6 is 11.6 Å². The number of halogens is 1. The van der Waals surface area contributed by atoms with Crippen molar-refractivity contribution in [3.05, 3.63) is 0 Å². The van der Waals surface area contributed by atoms with Crippen LogP contribution < -0.4 is 0 Å². The Morgan fingerprint density at radius 3 is 2.35 bits per heavy atom. The number of imide groups is 1. The maximum Gasteiger partial charge on any atom is 0.326 e. The number of nitrogens with zero attached hydrogens (tertiary/aromatic N) is 2. The van der Waals surface area contributed by atoms with Crippen LogP contribution in [-0.2, 0) is 4.79 Å². The highest BCUT2D eigenvalue weighted by atomic mass is 35.5. The Kier molecular flexibility index (Phi) is 1.44. The van der Waals surface area contributed by atoms with Crippen molar-refractivity contribution in [2.45, 2.75) is 31.7 Å². The van der Waals surface area contributed by atoms with Crippen molar-refractivity contribution in [2.75, 3.05) is 14.1 Å². The zero-order chi connectivity index (χ0) is 14.6. The maximum atomic E-state index is 13.0. The first-order valence-corrected chi connectivity index (χ1v) is 7.82. The first kappa shape index (κ1) is 11.8. The molecule has 1 aliphatic heterocycles. The van der Waals surface area contributed by atoms with Crippen LogP contribution in [0, 0.1) is 34.0 Å². The van der Waals surface area contributed by atoms with E-state index in [1.807, 2.05) is 11.9 Å². The van der Waals surface area contributed by atoms with Gasteiger partial charge in [-0.25, -0.2) is 4.79 Å². The predicted molar refractivity (Wildman–Crippen MR) is 73.1 cm³/mol. The van der Waals surface area contributed by atoms with Crippen molar-refractivity contribution in [1.82, 2.24) is 9.80 Å². The summed E-state index contributed by atoms with van der Waals surface area (Å²) in [5, 5.41) is 0.0626. The van der Waals surface area contributed by atoms with Gasteiger partial charge in [0.15, 0.2) is 0 Å². The number of carbonyl (C=O) groups excluding carboxylic acids is 2. The molecule has 5 heteroatoms. The first-order chi connectivity index (χ1) is 9.18. The molecule has 4 nitrogen and oxygen atoms in total. The lowest BCUT2D eigenvalue weighted by Crippen LogP contribution is -2.79. The lowest BCUT2D eigenvalue weighted by Gasteiger charge is -2.66. The fraction of sp³-hybridized carbons (Fsp3) is 0.867. The van der Waals surface area contributed by atoms with Crippen LogP contribution in [0.1, 0.15) is 20.8 Å². The molecule has 2 unspecified atom stereocenters. The van der Waals surface area contributed by atoms with Crippen LogP contribution in [0.15, 0.2) is 0 Å². The molecule has 3 amide bonds. The molecule has 2 spiro atoms. The summed E-state index contributed by atoms with van der Waals surface area (Å²) in [5.41, 5.74) is -0.569. The van der Waals surface area contributed by atoms with Gasteiger partial charge in [-0.15, -0.1) is 11.6 Å². The lowest BCUT2D eigenvalue weighted by atomic mass is 9.45. The standard InChI is InChI=1S/C15H19ClN2O2/c1-6-7(16)12(2)8-13(3)9(12)15(6)14(8,13)10(19)17(4)11(20)18(15)5/h6-9H,1-5H3/t6-,7-,8+,9?,12-,13?,14-,15+/m0/s1. The summed E-state index contributed by atoms with van der Waals surface area (Å²) in [6.07, 6.45) is 0. The van der Waals surface area contributed by atoms with Crippen molar-refractivity contribution in [3.8, 4) is 0 Å². The van der Waals surface area contributed by atoms with E-state index in [1.165, 1.54) is 4.90 Å². The average molecular weight is 295 g/mol. The highest BCUT2D eigenvalue weighted by Gasteiger charge is 3.15. The van der Waals surface area contributed by atoms with Gasteiger partial charge in [0.1, 0.15) is 0 Å². The summed E-state index contributed by atoms with van der Waals surface area (Å²) in [6.45, 7) is 6.61. The van der Waals surface area contributed by atoms with E-state index >= 15 is 0 Å². The molecule has 0 bridgehead atoms. The molecule has 4 aliphatic carbocycles. The molecule has 5 rings (SSSR count). The molecule has 5 fully saturated rings. The Labute approximate surface area is 123 Å². The summed E-state index contributed by atoms with van der Waals surface area (Å²) in [4.78, 5) is 28.6. The van der Waals surface area contributed by atoms with Gasteiger partial charge in [0.25, 0.3) is 0 Å². The van der Waals surface area contributed by atoms with Gasteiger partial charge in [-0.2, -0.15) is 0 Å². The van der Waals surface area contributed by atoms with E-state index in [9.17, 15) is 9.59 Å². The molecule has 1 saturated heterocycles. The fourth-order valence-electron chi connectivity index (χ4n) is 8.33. The quantitative estimate of drug-likeness (QED) is 0.639. The third-order valence-electron chi connectivity index (χ3n) is 8.21. The van der Waals surface area contributed by atoms with Gasteiger partial charge >= 0.3 is 6.03 Å². The normalized spacial score (nSPS) is 68.3. The van der Waals surface area contributed by atoms with E-state index in [0.717, 1.165) is 0 Å². The lowest BCUT2D eigenvalue weighted by molar-refractivity contribution is -0.187. The second-order valence-electron chi connectivity index (χ2n) is 8.04. The SMILES string of the molecule is C[C@H]1[C@H](Cl)[C@]2(C)C3C4(C)[C@@H]2[C@]42C(=O)N(C)C(=O)N(C)[C@@]312. The average Bonchev–Trinajstić information content (AvgIpc) is 2.65. The van der Waals surface area contributed by atoms with Gasteiger partial charge in [-0.1, -0.05) is 20.8 Å². The molecule has 20 heavy (non-hydrogen) atoms. The van der Waals surface area contributed by atoms with Gasteiger partial charge in [-0.05, 0) is 28.6 Å². The number of rotatable bonds is 0. The van der Waals surface area contributed by atoms with Gasteiger partial charge in [0.05, 0.1) is 11.0 Å². The van der Waals surface area contributed by atoms with Crippen molar-refractivity contribution in [1.29, 1.82) is 0 Å². The van der Waals surface area contributed by atoms with Gasteiger partial charge in [-0.3, -0.25) is 9.69 Å². The van der Waals surface area contributed by atoms with E-state index in [1.54, 1.807) is 7.05 Å². The Hall–Kier alpha value is -0.770. The number of carbonyl (C=O) groups is 2. The molecule has 0 aromatic heterocycles. The van der Waals surface area contributed by atoms with Crippen molar-refractivity contribution < 1.29 is 9.59 Å². The summed E-state index contributed by atoms with van der Waals surface area (Å²) in [6, 6.07) is -0.166. The largest absolute Gasteiger partial charge is 0.326 e. The van der Waals surface area contributed by atoms with E-state index in [2.05, 4.69) is 20.8 Å². The monoisotopic (exact) mass is 294 g/mol. The Balaban J connectivity index is 1.83.